The first-order valence-corrected chi connectivity index (χ1v) is 5.95. The first-order valence-electron chi connectivity index (χ1n) is 3.75. The lowest BCUT2D eigenvalue weighted by Crippen LogP contribution is -2.06. The van der Waals surface area contributed by atoms with Crippen molar-refractivity contribution >= 4 is 50.0 Å². The van der Waals surface area contributed by atoms with Gasteiger partial charge in [0, 0.05) is 15.7 Å². The Morgan fingerprint density at radius 3 is 2.85 bits per heavy atom. The molecule has 0 aliphatic heterocycles. The Labute approximate surface area is 99.2 Å². The fourth-order valence-corrected chi connectivity index (χ4v) is 1.74. The SMILES string of the molecule is Nc1cccc(CC(=O)CBr)c1I. The van der Waals surface area contributed by atoms with Crippen LogP contribution in [0.4, 0.5) is 5.69 Å². The largest absolute Gasteiger partial charge is 0.398 e. The predicted octanol–water partition coefficient (Wildman–Crippen LogP) is 2.38. The Kier molecular flexibility index (Phi) is 4.18. The van der Waals surface area contributed by atoms with Gasteiger partial charge in [0.15, 0.2) is 0 Å². The van der Waals surface area contributed by atoms with Gasteiger partial charge < -0.3 is 5.73 Å². The maximum absolute atomic E-state index is 11.2. The van der Waals surface area contributed by atoms with Crippen LogP contribution >= 0.6 is 38.5 Å². The summed E-state index contributed by atoms with van der Waals surface area (Å²) in [6, 6.07) is 5.64. The van der Waals surface area contributed by atoms with Crippen molar-refractivity contribution < 1.29 is 4.79 Å². The van der Waals surface area contributed by atoms with Crippen LogP contribution < -0.4 is 5.73 Å². The second-order valence-corrected chi connectivity index (χ2v) is 4.31. The monoisotopic (exact) mass is 353 g/mol. The molecule has 1 aromatic rings. The molecule has 13 heavy (non-hydrogen) atoms. The van der Waals surface area contributed by atoms with E-state index in [2.05, 4.69) is 38.5 Å². The van der Waals surface area contributed by atoms with Crippen LogP contribution in [0.5, 0.6) is 0 Å². The zero-order chi connectivity index (χ0) is 9.84. The van der Waals surface area contributed by atoms with E-state index < -0.39 is 0 Å². The zero-order valence-electron chi connectivity index (χ0n) is 6.89. The molecule has 0 fully saturated rings. The van der Waals surface area contributed by atoms with E-state index in [0.717, 1.165) is 14.8 Å². The lowest BCUT2D eigenvalue weighted by molar-refractivity contribution is -0.115. The molecule has 0 unspecified atom stereocenters. The van der Waals surface area contributed by atoms with Crippen LogP contribution in [0.3, 0.4) is 0 Å². The van der Waals surface area contributed by atoms with Crippen LogP contribution in [0.25, 0.3) is 0 Å². The molecule has 0 radical (unpaired) electrons. The number of anilines is 1. The standard InChI is InChI=1S/C9H9BrINO/c10-5-7(13)4-6-2-1-3-8(12)9(6)11/h1-3H,4-5,12H2. The van der Waals surface area contributed by atoms with E-state index in [1.165, 1.54) is 0 Å². The summed E-state index contributed by atoms with van der Waals surface area (Å²) in [6.07, 6.45) is 0.453. The summed E-state index contributed by atoms with van der Waals surface area (Å²) < 4.78 is 0.981. The van der Waals surface area contributed by atoms with E-state index in [0.29, 0.717) is 11.8 Å². The minimum Gasteiger partial charge on any atom is -0.398 e. The molecule has 2 N–H and O–H groups in total. The van der Waals surface area contributed by atoms with E-state index in [1.54, 1.807) is 0 Å². The van der Waals surface area contributed by atoms with E-state index in [9.17, 15) is 4.79 Å². The van der Waals surface area contributed by atoms with Crippen molar-refractivity contribution in [1.29, 1.82) is 0 Å². The highest BCUT2D eigenvalue weighted by molar-refractivity contribution is 14.1. The molecule has 1 rings (SSSR count). The van der Waals surface area contributed by atoms with Crippen molar-refractivity contribution in [3.63, 3.8) is 0 Å². The molecule has 1 aromatic carbocycles. The lowest BCUT2D eigenvalue weighted by Gasteiger charge is -2.04. The second kappa shape index (κ2) is 4.95. The number of hydrogen-bond acceptors (Lipinski definition) is 2. The van der Waals surface area contributed by atoms with Gasteiger partial charge in [0.25, 0.3) is 0 Å². The van der Waals surface area contributed by atoms with Crippen LogP contribution in [0.1, 0.15) is 5.56 Å². The van der Waals surface area contributed by atoms with Gasteiger partial charge >= 0.3 is 0 Å². The molecule has 0 spiro atoms. The maximum Gasteiger partial charge on any atom is 0.147 e. The number of ketones is 1. The molecule has 0 saturated carbocycles. The van der Waals surface area contributed by atoms with Gasteiger partial charge in [-0.3, -0.25) is 4.79 Å². The van der Waals surface area contributed by atoms with Gasteiger partial charge in [-0.15, -0.1) is 0 Å². The van der Waals surface area contributed by atoms with E-state index in [-0.39, 0.29) is 5.78 Å². The van der Waals surface area contributed by atoms with Crippen molar-refractivity contribution in [2.45, 2.75) is 6.42 Å². The van der Waals surface area contributed by atoms with Gasteiger partial charge in [-0.1, -0.05) is 28.1 Å². The number of alkyl halides is 1. The highest BCUT2D eigenvalue weighted by Gasteiger charge is 2.06. The molecule has 70 valence electrons. The minimum atomic E-state index is 0.170. The van der Waals surface area contributed by atoms with Crippen LogP contribution in [0.2, 0.25) is 0 Å². The third-order valence-electron chi connectivity index (χ3n) is 1.65. The normalized spacial score (nSPS) is 10.0. The highest BCUT2D eigenvalue weighted by atomic mass is 127. The van der Waals surface area contributed by atoms with E-state index in [1.807, 2.05) is 18.2 Å². The van der Waals surface area contributed by atoms with Crippen LogP contribution in [0.15, 0.2) is 18.2 Å². The smallest absolute Gasteiger partial charge is 0.147 e. The van der Waals surface area contributed by atoms with Crippen LogP contribution in [-0.4, -0.2) is 11.1 Å². The molecule has 0 bridgehead atoms. The Balaban J connectivity index is 2.89. The number of nitrogen functional groups attached to an aromatic ring is 1. The molecule has 0 aliphatic carbocycles. The van der Waals surface area contributed by atoms with Crippen molar-refractivity contribution in [2.75, 3.05) is 11.1 Å². The lowest BCUT2D eigenvalue weighted by atomic mass is 10.1. The second-order valence-electron chi connectivity index (χ2n) is 2.67. The number of carbonyl (C=O) groups is 1. The number of Topliss-reactive ketones (excluding diaryl/α,β-unsaturated/α-hetero) is 1. The third-order valence-corrected chi connectivity index (χ3v) is 3.59. The molecular formula is C9H9BrINO. The summed E-state index contributed by atoms with van der Waals surface area (Å²) in [5.41, 5.74) is 7.45. The Morgan fingerprint density at radius 1 is 1.54 bits per heavy atom. The average molecular weight is 354 g/mol. The number of hydrogen-bond donors (Lipinski definition) is 1. The number of nitrogens with two attached hydrogens (primary N) is 1. The van der Waals surface area contributed by atoms with Gasteiger partial charge in [-0.05, 0) is 34.2 Å². The molecule has 0 atom stereocenters. The Bertz CT molecular complexity index is 327. The van der Waals surface area contributed by atoms with Gasteiger partial charge in [0.1, 0.15) is 5.78 Å². The van der Waals surface area contributed by atoms with Crippen molar-refractivity contribution in [1.82, 2.24) is 0 Å². The summed E-state index contributed by atoms with van der Waals surface area (Å²) in [7, 11) is 0. The fraction of sp³-hybridized carbons (Fsp3) is 0.222. The van der Waals surface area contributed by atoms with E-state index >= 15 is 0 Å². The van der Waals surface area contributed by atoms with E-state index in [4.69, 9.17) is 5.73 Å². The zero-order valence-corrected chi connectivity index (χ0v) is 10.6. The van der Waals surface area contributed by atoms with Crippen molar-refractivity contribution in [2.24, 2.45) is 0 Å². The fourth-order valence-electron chi connectivity index (χ4n) is 0.996. The minimum absolute atomic E-state index is 0.170. The molecule has 0 heterocycles. The van der Waals surface area contributed by atoms with Gasteiger partial charge in [0.2, 0.25) is 0 Å². The summed E-state index contributed by atoms with van der Waals surface area (Å²) in [5, 5.41) is 0.401. The maximum atomic E-state index is 11.2. The predicted molar refractivity (Wildman–Crippen MR) is 66.1 cm³/mol. The first-order chi connectivity index (χ1) is 6.15. The number of rotatable bonds is 3. The van der Waals surface area contributed by atoms with Crippen LogP contribution in [-0.2, 0) is 11.2 Å². The Hall–Kier alpha value is -0.100. The summed E-state index contributed by atoms with van der Waals surface area (Å²) in [5.74, 6) is 0.170. The van der Waals surface area contributed by atoms with Crippen molar-refractivity contribution in [3.8, 4) is 0 Å². The molecule has 4 heteroatoms. The first kappa shape index (κ1) is 11.0. The number of benzene rings is 1. The average Bonchev–Trinajstić information content (AvgIpc) is 2.13. The Morgan fingerprint density at radius 2 is 2.23 bits per heavy atom. The van der Waals surface area contributed by atoms with Gasteiger partial charge in [0.05, 0.1) is 5.33 Å². The van der Waals surface area contributed by atoms with Crippen LogP contribution in [0, 0.1) is 3.57 Å². The highest BCUT2D eigenvalue weighted by Crippen LogP contribution is 2.19. The van der Waals surface area contributed by atoms with Gasteiger partial charge in [-0.25, -0.2) is 0 Å². The van der Waals surface area contributed by atoms with Gasteiger partial charge in [-0.2, -0.15) is 0 Å². The number of carbonyl (C=O) groups excluding carboxylic acids is 1. The summed E-state index contributed by atoms with van der Waals surface area (Å²) in [6.45, 7) is 0. The molecule has 0 saturated heterocycles. The third kappa shape index (κ3) is 2.95. The number of halogens is 2. The summed E-state index contributed by atoms with van der Waals surface area (Å²) >= 11 is 5.29. The topological polar surface area (TPSA) is 43.1 Å². The quantitative estimate of drug-likeness (QED) is 0.515. The molecule has 2 nitrogen and oxygen atoms in total. The molecule has 0 amide bonds. The molecule has 0 aliphatic rings. The summed E-state index contributed by atoms with van der Waals surface area (Å²) in [4.78, 5) is 11.2. The molecule has 0 aromatic heterocycles. The van der Waals surface area contributed by atoms with Crippen molar-refractivity contribution in [3.05, 3.63) is 27.3 Å². The molecular weight excluding hydrogens is 345 g/mol.